The van der Waals surface area contributed by atoms with Gasteiger partial charge in [0.2, 0.25) is 0 Å². The maximum Gasteiger partial charge on any atom is 0.306 e. The minimum Gasteiger partial charge on any atom is -0.481 e. The van der Waals surface area contributed by atoms with Crippen LogP contribution in [0.15, 0.2) is 12.1 Å². The number of rotatable bonds is 3. The van der Waals surface area contributed by atoms with Crippen molar-refractivity contribution in [2.75, 3.05) is 0 Å². The Labute approximate surface area is 169 Å². The maximum atomic E-state index is 14.4. The number of carboxylic acids is 1. The van der Waals surface area contributed by atoms with Gasteiger partial charge in [-0.3, -0.25) is 4.79 Å². The van der Waals surface area contributed by atoms with Gasteiger partial charge in [-0.25, -0.2) is 13.2 Å². The summed E-state index contributed by atoms with van der Waals surface area (Å²) in [6.45, 7) is 0. The first kappa shape index (κ1) is 19.8. The molecule has 10 heteroatoms. The Bertz CT molecular complexity index is 1160. The minimum absolute atomic E-state index is 0.00422. The van der Waals surface area contributed by atoms with E-state index in [1.165, 1.54) is 0 Å². The van der Waals surface area contributed by atoms with Gasteiger partial charge in [0.25, 0.3) is 0 Å². The van der Waals surface area contributed by atoms with Crippen LogP contribution < -0.4 is 21.9 Å². The Kier molecular flexibility index (Phi) is 4.63. The largest absolute Gasteiger partial charge is 0.481 e. The van der Waals surface area contributed by atoms with Crippen LogP contribution in [0.2, 0.25) is 0 Å². The molecule has 1 heterocycles. The van der Waals surface area contributed by atoms with Crippen molar-refractivity contribution in [3.8, 4) is 11.3 Å². The van der Waals surface area contributed by atoms with E-state index in [9.17, 15) is 23.1 Å². The molecule has 0 amide bonds. The molecular formula is C19H10B4F3NO2. The number of aromatic amines is 1. The average molecular weight is 385 g/mol. The molecule has 1 aliphatic rings. The summed E-state index contributed by atoms with van der Waals surface area (Å²) < 4.78 is 42.5. The predicted octanol–water partition coefficient (Wildman–Crippen LogP) is 0.00560. The second-order valence-corrected chi connectivity index (χ2v) is 7.27. The topological polar surface area (TPSA) is 53.1 Å². The third-order valence-electron chi connectivity index (χ3n) is 5.60. The molecule has 1 aliphatic carbocycles. The van der Waals surface area contributed by atoms with Crippen LogP contribution in [0.4, 0.5) is 13.2 Å². The first-order valence-electron chi connectivity index (χ1n) is 8.76. The first-order chi connectivity index (χ1) is 13.6. The number of hydrogen-bond donors (Lipinski definition) is 2. The highest BCUT2D eigenvalue weighted by Gasteiger charge is 2.39. The molecule has 8 radical (unpaired) electrons. The van der Waals surface area contributed by atoms with E-state index in [0.717, 1.165) is 6.07 Å². The van der Waals surface area contributed by atoms with E-state index >= 15 is 0 Å². The van der Waals surface area contributed by atoms with Crippen molar-refractivity contribution in [1.29, 1.82) is 0 Å². The number of carboxylic acid groups (broad SMARTS) is 1. The van der Waals surface area contributed by atoms with Crippen LogP contribution in [0.25, 0.3) is 22.2 Å². The number of aromatic nitrogens is 1. The van der Waals surface area contributed by atoms with Gasteiger partial charge in [-0.1, -0.05) is 21.9 Å². The Morgan fingerprint density at radius 1 is 1.00 bits per heavy atom. The van der Waals surface area contributed by atoms with Crippen molar-refractivity contribution in [2.24, 2.45) is 5.92 Å². The summed E-state index contributed by atoms with van der Waals surface area (Å²) in [4.78, 5) is 14.1. The smallest absolute Gasteiger partial charge is 0.306 e. The van der Waals surface area contributed by atoms with Gasteiger partial charge >= 0.3 is 5.97 Å². The molecule has 1 fully saturated rings. The summed E-state index contributed by atoms with van der Waals surface area (Å²) in [5.41, 5.74) is -0.498. The molecule has 136 valence electrons. The van der Waals surface area contributed by atoms with Gasteiger partial charge in [-0.05, 0) is 36.0 Å². The summed E-state index contributed by atoms with van der Waals surface area (Å²) in [7, 11) is 23.4. The molecule has 0 bridgehead atoms. The van der Waals surface area contributed by atoms with Crippen molar-refractivity contribution in [3.63, 3.8) is 0 Å². The van der Waals surface area contributed by atoms with Crippen LogP contribution >= 0.6 is 0 Å². The molecule has 3 aromatic rings. The SMILES string of the molecule is [B]c1c([B])c(-c2[nH]c3c(F)cc(F)cc3c2C2CC(C(=O)O)C2)c([B])c([B])c1F. The summed E-state index contributed by atoms with van der Waals surface area (Å²) in [5, 5.41) is 9.41. The molecule has 1 aromatic heterocycles. The molecule has 4 rings (SSSR count). The lowest BCUT2D eigenvalue weighted by Crippen LogP contribution is -2.46. The van der Waals surface area contributed by atoms with E-state index in [0.29, 0.717) is 11.6 Å². The van der Waals surface area contributed by atoms with Crippen LogP contribution in [0, 0.1) is 23.4 Å². The Hall–Kier alpha value is -2.50. The fourth-order valence-electron chi connectivity index (χ4n) is 3.98. The van der Waals surface area contributed by atoms with Crippen molar-refractivity contribution < 1.29 is 23.1 Å². The van der Waals surface area contributed by atoms with E-state index in [1.54, 1.807) is 0 Å². The highest BCUT2D eigenvalue weighted by molar-refractivity contribution is 6.59. The highest BCUT2D eigenvalue weighted by atomic mass is 19.1. The highest BCUT2D eigenvalue weighted by Crippen LogP contribution is 2.47. The van der Waals surface area contributed by atoms with Crippen molar-refractivity contribution in [3.05, 3.63) is 35.1 Å². The Morgan fingerprint density at radius 2 is 1.59 bits per heavy atom. The average Bonchev–Trinajstić information content (AvgIpc) is 2.96. The number of nitrogens with one attached hydrogen (secondary N) is 1. The predicted molar refractivity (Wildman–Crippen MR) is 108 cm³/mol. The van der Waals surface area contributed by atoms with Crippen LogP contribution in [0.5, 0.6) is 0 Å². The molecule has 0 atom stereocenters. The Balaban J connectivity index is 2.03. The number of hydrogen-bond acceptors (Lipinski definition) is 1. The minimum atomic E-state index is -0.965. The zero-order valence-electron chi connectivity index (χ0n) is 15.0. The lowest BCUT2D eigenvalue weighted by molar-refractivity contribution is -0.145. The van der Waals surface area contributed by atoms with E-state index in [1.807, 2.05) is 0 Å². The standard InChI is InChI=1S/C19H10B4F3NO2/c20-12-11(13(21)15(23)16(26)14(12)22)18-10(5-1-6(2-5)19(28)29)8-3-7(24)4-9(25)17(8)27-18/h3-6,27H,1-2H2,(H,28,29). The van der Waals surface area contributed by atoms with Crippen LogP contribution in [0.3, 0.4) is 0 Å². The zero-order chi connectivity index (χ0) is 21.2. The molecule has 2 aromatic carbocycles. The lowest BCUT2D eigenvalue weighted by Gasteiger charge is -2.33. The van der Waals surface area contributed by atoms with Crippen molar-refractivity contribution in [1.82, 2.24) is 4.98 Å². The second kappa shape index (κ2) is 6.78. The zero-order valence-corrected chi connectivity index (χ0v) is 15.0. The fourth-order valence-corrected chi connectivity index (χ4v) is 3.98. The lowest BCUT2D eigenvalue weighted by atomic mass is 9.64. The van der Waals surface area contributed by atoms with Gasteiger partial charge in [0, 0.05) is 17.1 Å². The molecule has 1 saturated carbocycles. The normalized spacial score (nSPS) is 18.7. The molecular weight excluding hydrogens is 374 g/mol. The van der Waals surface area contributed by atoms with E-state index in [-0.39, 0.29) is 51.8 Å². The number of carbonyl (C=O) groups is 1. The molecule has 0 unspecified atom stereocenters. The van der Waals surface area contributed by atoms with E-state index in [2.05, 4.69) is 4.98 Å². The van der Waals surface area contributed by atoms with Crippen LogP contribution in [0.1, 0.15) is 24.3 Å². The molecule has 2 N–H and O–H groups in total. The third kappa shape index (κ3) is 2.92. The van der Waals surface area contributed by atoms with Crippen molar-refractivity contribution in [2.45, 2.75) is 18.8 Å². The molecule has 0 aliphatic heterocycles. The number of H-pyrrole nitrogens is 1. The fraction of sp³-hybridized carbons (Fsp3) is 0.211. The van der Waals surface area contributed by atoms with Gasteiger partial charge in [-0.2, -0.15) is 0 Å². The number of benzene rings is 2. The quantitative estimate of drug-likeness (QED) is 0.625. The van der Waals surface area contributed by atoms with E-state index < -0.39 is 40.3 Å². The van der Waals surface area contributed by atoms with E-state index in [4.69, 9.17) is 31.4 Å². The number of halogens is 3. The molecule has 29 heavy (non-hydrogen) atoms. The summed E-state index contributed by atoms with van der Waals surface area (Å²) in [5.74, 6) is -4.46. The first-order valence-corrected chi connectivity index (χ1v) is 8.76. The van der Waals surface area contributed by atoms with Crippen LogP contribution in [-0.4, -0.2) is 47.4 Å². The Morgan fingerprint density at radius 3 is 2.14 bits per heavy atom. The van der Waals surface area contributed by atoms with Gasteiger partial charge in [0.15, 0.2) is 0 Å². The van der Waals surface area contributed by atoms with Crippen molar-refractivity contribution >= 4 is 70.1 Å². The number of fused-ring (bicyclic) bond motifs is 1. The summed E-state index contributed by atoms with van der Waals surface area (Å²) >= 11 is 0. The summed E-state index contributed by atoms with van der Waals surface area (Å²) in [6, 6.07) is 1.86. The van der Waals surface area contributed by atoms with Crippen LogP contribution in [-0.2, 0) is 4.79 Å². The molecule has 0 saturated heterocycles. The monoisotopic (exact) mass is 385 g/mol. The second-order valence-electron chi connectivity index (χ2n) is 7.27. The summed E-state index contributed by atoms with van der Waals surface area (Å²) in [6.07, 6.45) is 0.527. The van der Waals surface area contributed by atoms with Gasteiger partial charge in [0.1, 0.15) is 48.8 Å². The number of aliphatic carboxylic acids is 1. The van der Waals surface area contributed by atoms with Gasteiger partial charge in [0.05, 0.1) is 11.4 Å². The third-order valence-corrected chi connectivity index (χ3v) is 5.60. The van der Waals surface area contributed by atoms with Gasteiger partial charge < -0.3 is 10.1 Å². The maximum absolute atomic E-state index is 14.4. The van der Waals surface area contributed by atoms with Gasteiger partial charge in [-0.15, -0.1) is 0 Å². The molecule has 3 nitrogen and oxygen atoms in total. The molecule has 0 spiro atoms.